The minimum absolute atomic E-state index is 0.286. The Morgan fingerprint density at radius 1 is 1.12 bits per heavy atom. The van der Waals surface area contributed by atoms with Gasteiger partial charge in [-0.3, -0.25) is 4.79 Å². The summed E-state index contributed by atoms with van der Waals surface area (Å²) in [5.41, 5.74) is 1.16. The molecular formula is C25H36N6O2. The van der Waals surface area contributed by atoms with Gasteiger partial charge in [-0.15, -0.1) is 0 Å². The average Bonchev–Trinajstić information content (AvgIpc) is 2.88. The Hall–Kier alpha value is -3.03. The molecule has 0 aliphatic carbocycles. The van der Waals surface area contributed by atoms with E-state index in [0.717, 1.165) is 81.7 Å². The third-order valence-corrected chi connectivity index (χ3v) is 6.67. The van der Waals surface area contributed by atoms with Crippen LogP contribution in [-0.4, -0.2) is 73.7 Å². The maximum Gasteiger partial charge on any atom is 0.222 e. The molecule has 2 saturated heterocycles. The van der Waals surface area contributed by atoms with Crippen molar-refractivity contribution in [3.63, 3.8) is 0 Å². The van der Waals surface area contributed by atoms with Crippen molar-refractivity contribution in [2.24, 2.45) is 5.92 Å². The lowest BCUT2D eigenvalue weighted by atomic mass is 9.93. The summed E-state index contributed by atoms with van der Waals surface area (Å²) in [6.45, 7) is 8.15. The molecule has 1 N–H and O–H groups in total. The van der Waals surface area contributed by atoms with Gasteiger partial charge in [0.15, 0.2) is 0 Å². The topological polar surface area (TPSA) is 73.8 Å². The van der Waals surface area contributed by atoms with Crippen LogP contribution in [0, 0.1) is 5.92 Å². The van der Waals surface area contributed by atoms with E-state index in [4.69, 9.17) is 4.74 Å². The molecule has 1 aromatic carbocycles. The van der Waals surface area contributed by atoms with E-state index in [9.17, 15) is 4.79 Å². The molecule has 8 heteroatoms. The first-order valence-electron chi connectivity index (χ1n) is 12.1. The number of carbonyl (C=O) groups is 1. The Bertz CT molecular complexity index is 915. The molecule has 2 aliphatic rings. The molecule has 178 valence electrons. The second-order valence-corrected chi connectivity index (χ2v) is 8.85. The number of nitrogens with one attached hydrogen (secondary N) is 1. The highest BCUT2D eigenvalue weighted by atomic mass is 16.5. The summed E-state index contributed by atoms with van der Waals surface area (Å²) in [5, 5.41) is 3.26. The number of nitrogens with zero attached hydrogens (tertiary/aromatic N) is 5. The van der Waals surface area contributed by atoms with Crippen LogP contribution in [0.2, 0.25) is 0 Å². The van der Waals surface area contributed by atoms with Gasteiger partial charge in [-0.2, -0.15) is 0 Å². The maximum absolute atomic E-state index is 12.9. The largest absolute Gasteiger partial charge is 0.497 e. The zero-order chi connectivity index (χ0) is 23.0. The van der Waals surface area contributed by atoms with Crippen LogP contribution >= 0.6 is 0 Å². The number of hydrogen-bond donors (Lipinski definition) is 1. The highest BCUT2D eigenvalue weighted by molar-refractivity contribution is 5.76. The number of rotatable bonds is 8. The fraction of sp³-hybridized carbons (Fsp3) is 0.560. The van der Waals surface area contributed by atoms with Crippen LogP contribution in [0.3, 0.4) is 0 Å². The summed E-state index contributed by atoms with van der Waals surface area (Å²) in [5.74, 6) is 3.53. The van der Waals surface area contributed by atoms with E-state index in [-0.39, 0.29) is 5.91 Å². The van der Waals surface area contributed by atoms with Crippen LogP contribution in [0.15, 0.2) is 36.7 Å². The molecule has 8 nitrogen and oxygen atoms in total. The van der Waals surface area contributed by atoms with E-state index in [2.05, 4.69) is 44.1 Å². The second-order valence-electron chi connectivity index (χ2n) is 8.85. The lowest BCUT2D eigenvalue weighted by molar-refractivity contribution is -0.131. The fourth-order valence-electron chi connectivity index (χ4n) is 4.81. The van der Waals surface area contributed by atoms with Gasteiger partial charge in [-0.1, -0.05) is 6.07 Å². The van der Waals surface area contributed by atoms with Crippen LogP contribution in [0.1, 0.15) is 32.6 Å². The van der Waals surface area contributed by atoms with Gasteiger partial charge in [-0.05, 0) is 44.2 Å². The minimum atomic E-state index is 0.286. The Morgan fingerprint density at radius 3 is 2.76 bits per heavy atom. The number of ether oxygens (including phenoxy) is 1. The van der Waals surface area contributed by atoms with Crippen molar-refractivity contribution in [1.29, 1.82) is 0 Å². The van der Waals surface area contributed by atoms with Crippen LogP contribution in [-0.2, 0) is 4.79 Å². The number of piperidine rings is 1. The Morgan fingerprint density at radius 2 is 1.97 bits per heavy atom. The Kier molecular flexibility index (Phi) is 7.86. The molecule has 1 amide bonds. The van der Waals surface area contributed by atoms with Crippen LogP contribution < -0.4 is 19.9 Å². The van der Waals surface area contributed by atoms with Crippen molar-refractivity contribution in [3.8, 4) is 5.75 Å². The first-order valence-corrected chi connectivity index (χ1v) is 12.1. The highest BCUT2D eigenvalue weighted by Gasteiger charge is 2.25. The van der Waals surface area contributed by atoms with Crippen molar-refractivity contribution in [2.75, 3.05) is 68.0 Å². The molecule has 2 aliphatic heterocycles. The van der Waals surface area contributed by atoms with Gasteiger partial charge >= 0.3 is 0 Å². The predicted molar refractivity (Wildman–Crippen MR) is 132 cm³/mol. The first kappa shape index (κ1) is 23.1. The Labute approximate surface area is 196 Å². The van der Waals surface area contributed by atoms with Gasteiger partial charge in [-0.25, -0.2) is 9.97 Å². The van der Waals surface area contributed by atoms with Gasteiger partial charge in [0.25, 0.3) is 0 Å². The van der Waals surface area contributed by atoms with E-state index in [0.29, 0.717) is 12.3 Å². The van der Waals surface area contributed by atoms with Crippen LogP contribution in [0.5, 0.6) is 5.75 Å². The number of anilines is 3. The predicted octanol–water partition coefficient (Wildman–Crippen LogP) is 3.26. The summed E-state index contributed by atoms with van der Waals surface area (Å²) < 4.78 is 5.34. The molecule has 0 spiro atoms. The molecule has 2 fully saturated rings. The van der Waals surface area contributed by atoms with Gasteiger partial charge in [0.1, 0.15) is 23.7 Å². The second kappa shape index (κ2) is 11.2. The van der Waals surface area contributed by atoms with Crippen molar-refractivity contribution >= 4 is 23.2 Å². The standard InChI is InChI=1S/C25H36N6O2/c1-3-26-23-17-24(28-19-27-23)31-11-5-6-20(18-31)9-10-25(32)30-14-12-29(13-15-30)21-7-4-8-22(16-21)33-2/h4,7-8,16-17,19-20H,3,5-6,9-15,18H2,1-2H3,(H,26,27,28)/t20-/m1/s1. The summed E-state index contributed by atoms with van der Waals surface area (Å²) in [6.07, 6.45) is 5.52. The van der Waals surface area contributed by atoms with Crippen LogP contribution in [0.4, 0.5) is 17.3 Å². The minimum Gasteiger partial charge on any atom is -0.497 e. The molecule has 0 saturated carbocycles. The smallest absolute Gasteiger partial charge is 0.222 e. The van der Waals surface area contributed by atoms with Crippen molar-refractivity contribution < 1.29 is 9.53 Å². The number of carbonyl (C=O) groups excluding carboxylic acids is 1. The molecule has 1 aromatic heterocycles. The fourth-order valence-corrected chi connectivity index (χ4v) is 4.81. The van der Waals surface area contributed by atoms with Gasteiger partial charge in [0.05, 0.1) is 7.11 Å². The molecule has 3 heterocycles. The monoisotopic (exact) mass is 452 g/mol. The number of benzene rings is 1. The third kappa shape index (κ3) is 6.06. The zero-order valence-electron chi connectivity index (χ0n) is 19.9. The SMILES string of the molecule is CCNc1cc(N2CCC[C@H](CCC(=O)N3CCN(c4cccc(OC)c4)CC3)C2)ncn1. The number of methoxy groups -OCH3 is 1. The molecule has 0 bridgehead atoms. The van der Waals surface area contributed by atoms with E-state index in [1.54, 1.807) is 13.4 Å². The first-order chi connectivity index (χ1) is 16.2. The molecule has 1 atom stereocenters. The van der Waals surface area contributed by atoms with E-state index >= 15 is 0 Å². The molecule has 33 heavy (non-hydrogen) atoms. The summed E-state index contributed by atoms with van der Waals surface area (Å²) in [6, 6.07) is 10.2. The normalized spacial score (nSPS) is 18.8. The van der Waals surface area contributed by atoms with Crippen molar-refractivity contribution in [3.05, 3.63) is 36.7 Å². The number of piperazine rings is 1. The number of hydrogen-bond acceptors (Lipinski definition) is 7. The van der Waals surface area contributed by atoms with E-state index < -0.39 is 0 Å². The summed E-state index contributed by atoms with van der Waals surface area (Å²) in [7, 11) is 1.69. The van der Waals surface area contributed by atoms with E-state index in [1.807, 2.05) is 23.1 Å². The third-order valence-electron chi connectivity index (χ3n) is 6.67. The quantitative estimate of drug-likeness (QED) is 0.659. The lowest BCUT2D eigenvalue weighted by Gasteiger charge is -2.37. The molecular weight excluding hydrogens is 416 g/mol. The number of amides is 1. The molecule has 4 rings (SSSR count). The summed E-state index contributed by atoms with van der Waals surface area (Å²) in [4.78, 5) is 28.4. The summed E-state index contributed by atoms with van der Waals surface area (Å²) >= 11 is 0. The van der Waals surface area contributed by atoms with Gasteiger partial charge < -0.3 is 24.8 Å². The molecule has 0 unspecified atom stereocenters. The van der Waals surface area contributed by atoms with Gasteiger partial charge in [0.2, 0.25) is 5.91 Å². The van der Waals surface area contributed by atoms with Crippen molar-refractivity contribution in [2.45, 2.75) is 32.6 Å². The maximum atomic E-state index is 12.9. The highest BCUT2D eigenvalue weighted by Crippen LogP contribution is 2.26. The van der Waals surface area contributed by atoms with Gasteiger partial charge in [0, 0.05) is 70.1 Å². The molecule has 0 radical (unpaired) electrons. The van der Waals surface area contributed by atoms with Crippen LogP contribution in [0.25, 0.3) is 0 Å². The molecule has 2 aromatic rings. The number of aromatic nitrogens is 2. The Balaban J connectivity index is 1.24. The zero-order valence-corrected chi connectivity index (χ0v) is 19.9. The average molecular weight is 453 g/mol. The van der Waals surface area contributed by atoms with E-state index in [1.165, 1.54) is 6.42 Å². The van der Waals surface area contributed by atoms with Crippen molar-refractivity contribution in [1.82, 2.24) is 14.9 Å². The lowest BCUT2D eigenvalue weighted by Crippen LogP contribution is -2.49.